The van der Waals surface area contributed by atoms with Crippen LogP contribution in [0.15, 0.2) is 53.5 Å². The third-order valence-corrected chi connectivity index (χ3v) is 12.1. The first kappa shape index (κ1) is 38.4. The summed E-state index contributed by atoms with van der Waals surface area (Å²) in [5, 5.41) is 10.7. The number of piperidine rings is 2. The van der Waals surface area contributed by atoms with Crippen LogP contribution in [0.2, 0.25) is 0 Å². The molecule has 3 fully saturated rings. The lowest BCUT2D eigenvalue weighted by molar-refractivity contribution is -0.141. The number of imide groups is 1. The van der Waals surface area contributed by atoms with E-state index in [4.69, 9.17) is 9.84 Å². The second kappa shape index (κ2) is 15.1. The summed E-state index contributed by atoms with van der Waals surface area (Å²) in [5.74, 6) is -0.348. The van der Waals surface area contributed by atoms with Crippen molar-refractivity contribution in [1.82, 2.24) is 34.1 Å². The summed E-state index contributed by atoms with van der Waals surface area (Å²) in [7, 11) is 3.22. The molecule has 1 saturated carbocycles. The van der Waals surface area contributed by atoms with E-state index in [1.54, 1.807) is 28.3 Å². The third-order valence-electron chi connectivity index (χ3n) is 12.1. The van der Waals surface area contributed by atoms with Gasteiger partial charge >= 0.3 is 11.9 Å². The molecule has 300 valence electrons. The number of anilines is 1. The van der Waals surface area contributed by atoms with Crippen LogP contribution in [0, 0.1) is 12.8 Å². The number of hydrogen-bond acceptors (Lipinski definition) is 8. The van der Waals surface area contributed by atoms with Crippen molar-refractivity contribution in [2.24, 2.45) is 13.0 Å². The van der Waals surface area contributed by atoms with Gasteiger partial charge in [0.05, 0.1) is 35.4 Å². The van der Waals surface area contributed by atoms with Gasteiger partial charge in [-0.05, 0) is 112 Å². The summed E-state index contributed by atoms with van der Waals surface area (Å²) in [5.41, 5.74) is 3.16. The smallest absolute Gasteiger partial charge is 0.433 e. The topological polar surface area (TPSA) is 145 Å². The first-order valence-electron chi connectivity index (χ1n) is 19.5. The predicted octanol–water partition coefficient (Wildman–Crippen LogP) is 6.26. The Hall–Kier alpha value is -5.51. The van der Waals surface area contributed by atoms with Gasteiger partial charge < -0.3 is 15.0 Å². The summed E-state index contributed by atoms with van der Waals surface area (Å²) in [6, 6.07) is 10.1. The highest BCUT2D eigenvalue weighted by Crippen LogP contribution is 2.39. The molecule has 13 nitrogen and oxygen atoms in total. The minimum Gasteiger partial charge on any atom is -0.494 e. The third kappa shape index (κ3) is 7.42. The van der Waals surface area contributed by atoms with Gasteiger partial charge in [-0.15, -0.1) is 0 Å². The van der Waals surface area contributed by atoms with Gasteiger partial charge in [0.1, 0.15) is 23.2 Å². The number of amides is 3. The molecule has 5 heterocycles. The average Bonchev–Trinajstić information content (AvgIpc) is 3.72. The molecule has 3 aromatic heterocycles. The number of benzene rings is 2. The Kier molecular flexibility index (Phi) is 10.2. The van der Waals surface area contributed by atoms with E-state index in [1.807, 2.05) is 23.0 Å². The van der Waals surface area contributed by atoms with Gasteiger partial charge in [-0.25, -0.2) is 9.78 Å². The number of hydrogen-bond donors (Lipinski definition) is 2. The molecule has 1 unspecified atom stereocenters. The van der Waals surface area contributed by atoms with Gasteiger partial charge in [-0.1, -0.05) is 12.1 Å². The van der Waals surface area contributed by atoms with Crippen molar-refractivity contribution in [3.8, 4) is 5.75 Å². The van der Waals surface area contributed by atoms with Crippen LogP contribution in [0.1, 0.15) is 96.7 Å². The molecule has 16 heteroatoms. The number of halogens is 3. The Bertz CT molecular complexity index is 2440. The molecular formula is C41H45F3N8O5. The Balaban J connectivity index is 0.888. The number of carbonyl (C=O) groups excluding carboxylic acids is 3. The standard InChI is InChI=1S/C41H45F3N8O5/c1-23-7-12-31-37(49(2)40(56)52(31)32-13-14-35(53)47-39(32)55)36(23)25-15-17-50(18-16-25)21-24-8-10-27(11-9-24)51-22-26-19-30(33(57-3)20-29(26)48-51)46-38(54)28-5-4-6-34(45-28)41(42,43)44/h4-7,12,19-20,22,24-25,27,32H,8-11,13-18,21H2,1-3H3,(H,46,54)(H,47,53,55). The number of rotatable bonds is 8. The number of aryl methyl sites for hydroxylation is 2. The van der Waals surface area contributed by atoms with E-state index in [0.717, 1.165) is 92.3 Å². The number of carbonyl (C=O) groups is 3. The maximum atomic E-state index is 13.5. The number of alkyl halides is 3. The quantitative estimate of drug-likeness (QED) is 0.176. The summed E-state index contributed by atoms with van der Waals surface area (Å²) in [6.07, 6.45) is 3.77. The molecule has 1 atom stereocenters. The molecule has 2 N–H and O–H groups in total. The number of pyridine rings is 1. The molecule has 8 rings (SSSR count). The number of ether oxygens (including phenoxy) is 1. The Labute approximate surface area is 326 Å². The second-order valence-corrected chi connectivity index (χ2v) is 15.7. The normalized spacial score (nSPS) is 21.3. The minimum absolute atomic E-state index is 0.203. The molecule has 0 bridgehead atoms. The number of aromatic nitrogens is 5. The molecule has 2 aromatic carbocycles. The molecule has 3 amide bonds. The van der Waals surface area contributed by atoms with Crippen LogP contribution in [0.5, 0.6) is 5.75 Å². The summed E-state index contributed by atoms with van der Waals surface area (Å²) < 4.78 is 50.3. The zero-order valence-electron chi connectivity index (χ0n) is 32.1. The van der Waals surface area contributed by atoms with E-state index in [2.05, 4.69) is 27.4 Å². The lowest BCUT2D eigenvalue weighted by atomic mass is 9.83. The van der Waals surface area contributed by atoms with Crippen molar-refractivity contribution in [2.75, 3.05) is 32.1 Å². The van der Waals surface area contributed by atoms with E-state index in [-0.39, 0.29) is 35.7 Å². The molecule has 3 aliphatic rings. The molecule has 57 heavy (non-hydrogen) atoms. The zero-order valence-corrected chi connectivity index (χ0v) is 32.1. The molecule has 2 aliphatic heterocycles. The number of nitrogens with zero attached hydrogens (tertiary/aromatic N) is 6. The molecular weight excluding hydrogens is 741 g/mol. The van der Waals surface area contributed by atoms with Crippen molar-refractivity contribution < 1.29 is 32.3 Å². The van der Waals surface area contributed by atoms with E-state index in [0.29, 0.717) is 29.3 Å². The number of nitrogens with one attached hydrogen (secondary N) is 2. The fourth-order valence-corrected chi connectivity index (χ4v) is 9.14. The first-order valence-corrected chi connectivity index (χ1v) is 19.5. The monoisotopic (exact) mass is 786 g/mol. The number of likely N-dealkylation sites (tertiary alicyclic amines) is 1. The Morgan fingerprint density at radius 1 is 1.00 bits per heavy atom. The van der Waals surface area contributed by atoms with Gasteiger partial charge in [0.25, 0.3) is 5.91 Å². The highest BCUT2D eigenvalue weighted by atomic mass is 19.4. The predicted molar refractivity (Wildman–Crippen MR) is 206 cm³/mol. The van der Waals surface area contributed by atoms with E-state index < -0.39 is 29.7 Å². The first-order chi connectivity index (χ1) is 27.3. The Morgan fingerprint density at radius 3 is 2.46 bits per heavy atom. The molecule has 5 aromatic rings. The molecule has 1 aliphatic carbocycles. The molecule has 0 spiro atoms. The lowest BCUT2D eigenvalue weighted by Gasteiger charge is -2.37. The van der Waals surface area contributed by atoms with Crippen molar-refractivity contribution >= 4 is 45.3 Å². The maximum Gasteiger partial charge on any atom is 0.433 e. The molecule has 2 saturated heterocycles. The second-order valence-electron chi connectivity index (χ2n) is 15.7. The Morgan fingerprint density at radius 2 is 1.75 bits per heavy atom. The van der Waals surface area contributed by atoms with Crippen LogP contribution >= 0.6 is 0 Å². The van der Waals surface area contributed by atoms with E-state index >= 15 is 0 Å². The highest BCUT2D eigenvalue weighted by Gasteiger charge is 2.35. The minimum atomic E-state index is -4.67. The summed E-state index contributed by atoms with van der Waals surface area (Å²) in [4.78, 5) is 57.1. The van der Waals surface area contributed by atoms with E-state index in [1.165, 1.54) is 18.7 Å². The van der Waals surface area contributed by atoms with Gasteiger partial charge in [-0.2, -0.15) is 18.3 Å². The van der Waals surface area contributed by atoms with Crippen molar-refractivity contribution in [3.05, 3.63) is 81.7 Å². The lowest BCUT2D eigenvalue weighted by Crippen LogP contribution is -2.44. The van der Waals surface area contributed by atoms with E-state index in [9.17, 15) is 32.3 Å². The summed E-state index contributed by atoms with van der Waals surface area (Å²) in [6.45, 7) is 5.02. The van der Waals surface area contributed by atoms with Gasteiger partial charge in [0.2, 0.25) is 11.8 Å². The van der Waals surface area contributed by atoms with Crippen molar-refractivity contribution in [3.63, 3.8) is 0 Å². The number of methoxy groups -OCH3 is 1. The van der Waals surface area contributed by atoms with Gasteiger partial charge in [-0.3, -0.25) is 33.5 Å². The van der Waals surface area contributed by atoms with Crippen molar-refractivity contribution in [2.45, 2.75) is 82.5 Å². The largest absolute Gasteiger partial charge is 0.494 e. The highest BCUT2D eigenvalue weighted by molar-refractivity contribution is 6.05. The van der Waals surface area contributed by atoms with Crippen LogP contribution < -0.4 is 21.1 Å². The SMILES string of the molecule is COc1cc2nn(C3CCC(CN4CCC(c5c(C)ccc6c5n(C)c(=O)n6C5CCC(=O)NC5=O)CC4)CC3)cc2cc1NC(=O)c1cccc(C(F)(F)F)n1. The van der Waals surface area contributed by atoms with Crippen LogP contribution in [0.3, 0.4) is 0 Å². The van der Waals surface area contributed by atoms with Crippen LogP contribution in [0.4, 0.5) is 18.9 Å². The zero-order chi connectivity index (χ0) is 40.2. The van der Waals surface area contributed by atoms with Crippen LogP contribution in [0.25, 0.3) is 21.9 Å². The maximum absolute atomic E-state index is 13.5. The fraction of sp³-hybridized carbons (Fsp3) is 0.463. The van der Waals surface area contributed by atoms with Gasteiger partial charge in [0, 0.05) is 37.7 Å². The van der Waals surface area contributed by atoms with Crippen LogP contribution in [-0.2, 0) is 22.8 Å². The van der Waals surface area contributed by atoms with Gasteiger partial charge in [0.15, 0.2) is 0 Å². The number of fused-ring (bicyclic) bond motifs is 2. The summed E-state index contributed by atoms with van der Waals surface area (Å²) >= 11 is 0. The number of imidazole rings is 1. The molecule has 0 radical (unpaired) electrons. The average molecular weight is 787 g/mol. The fourth-order valence-electron chi connectivity index (χ4n) is 9.14. The van der Waals surface area contributed by atoms with Crippen molar-refractivity contribution in [1.29, 1.82) is 0 Å². The van der Waals surface area contributed by atoms with Crippen LogP contribution in [-0.4, -0.2) is 73.3 Å².